The number of aromatic hydroxyl groups is 2. The Morgan fingerprint density at radius 2 is 2.06 bits per heavy atom. The first-order valence-corrected chi connectivity index (χ1v) is 5.54. The van der Waals surface area contributed by atoms with Gasteiger partial charge in [0.15, 0.2) is 11.5 Å². The fourth-order valence-electron chi connectivity index (χ4n) is 1.37. The van der Waals surface area contributed by atoms with Crippen LogP contribution in [0.2, 0.25) is 0 Å². The third-order valence-corrected chi connectivity index (χ3v) is 2.62. The molecule has 3 N–H and O–H groups in total. The molecule has 1 aromatic carbocycles. The van der Waals surface area contributed by atoms with Crippen molar-refractivity contribution in [1.82, 2.24) is 10.2 Å². The number of hydrogen-bond acceptors (Lipinski definition) is 4. The molecular weight excluding hydrogens is 204 g/mol. The molecule has 0 radical (unpaired) electrons. The van der Waals surface area contributed by atoms with E-state index >= 15 is 0 Å². The second-order valence-electron chi connectivity index (χ2n) is 3.86. The fourth-order valence-corrected chi connectivity index (χ4v) is 1.37. The van der Waals surface area contributed by atoms with E-state index < -0.39 is 0 Å². The van der Waals surface area contributed by atoms with E-state index in [4.69, 9.17) is 0 Å². The van der Waals surface area contributed by atoms with Crippen LogP contribution >= 0.6 is 0 Å². The molecule has 0 aliphatic rings. The summed E-state index contributed by atoms with van der Waals surface area (Å²) >= 11 is 0. The minimum atomic E-state index is -0.0648. The second kappa shape index (κ2) is 6.35. The number of rotatable bonds is 6. The van der Waals surface area contributed by atoms with Gasteiger partial charge in [0.1, 0.15) is 0 Å². The number of benzene rings is 1. The maximum atomic E-state index is 9.55. The van der Waals surface area contributed by atoms with Crippen LogP contribution in [0.1, 0.15) is 12.5 Å². The number of hydrogen-bond donors (Lipinski definition) is 3. The standard InChI is InChI=1S/C12H20N2O2/c1-3-14(2)8-7-13-9-10-5-4-6-11(15)12(10)16/h4-6,13,15-16H,3,7-9H2,1-2H3. The number of para-hydroxylation sites is 1. The fraction of sp³-hybridized carbons (Fsp3) is 0.500. The van der Waals surface area contributed by atoms with Gasteiger partial charge in [-0.2, -0.15) is 0 Å². The van der Waals surface area contributed by atoms with E-state index in [1.807, 2.05) is 0 Å². The lowest BCUT2D eigenvalue weighted by Gasteiger charge is -2.14. The molecule has 0 saturated carbocycles. The quantitative estimate of drug-likeness (QED) is 0.501. The molecule has 90 valence electrons. The Morgan fingerprint density at radius 1 is 1.31 bits per heavy atom. The van der Waals surface area contributed by atoms with Gasteiger partial charge in [0, 0.05) is 25.2 Å². The van der Waals surface area contributed by atoms with Gasteiger partial charge >= 0.3 is 0 Å². The summed E-state index contributed by atoms with van der Waals surface area (Å²) in [5, 5.41) is 22.1. The lowest BCUT2D eigenvalue weighted by Crippen LogP contribution is -2.28. The molecule has 0 spiro atoms. The zero-order valence-electron chi connectivity index (χ0n) is 9.90. The summed E-state index contributed by atoms with van der Waals surface area (Å²) in [5.74, 6) is -0.0937. The van der Waals surface area contributed by atoms with Crippen molar-refractivity contribution in [2.45, 2.75) is 13.5 Å². The van der Waals surface area contributed by atoms with Crippen LogP contribution in [0.25, 0.3) is 0 Å². The molecule has 0 aromatic heterocycles. The molecule has 1 aromatic rings. The first kappa shape index (κ1) is 12.8. The number of nitrogens with zero attached hydrogens (tertiary/aromatic N) is 1. The molecule has 0 saturated heterocycles. The molecular formula is C12H20N2O2. The molecule has 0 unspecified atom stereocenters. The zero-order valence-corrected chi connectivity index (χ0v) is 9.90. The van der Waals surface area contributed by atoms with Crippen LogP contribution < -0.4 is 5.32 Å². The average molecular weight is 224 g/mol. The van der Waals surface area contributed by atoms with Crippen LogP contribution in [0, 0.1) is 0 Å². The first-order valence-electron chi connectivity index (χ1n) is 5.54. The molecule has 4 nitrogen and oxygen atoms in total. The normalized spacial score (nSPS) is 10.9. The van der Waals surface area contributed by atoms with E-state index in [2.05, 4.69) is 24.2 Å². The van der Waals surface area contributed by atoms with Gasteiger partial charge in [-0.3, -0.25) is 0 Å². The predicted molar refractivity (Wildman–Crippen MR) is 64.6 cm³/mol. The maximum Gasteiger partial charge on any atom is 0.161 e. The summed E-state index contributed by atoms with van der Waals surface area (Å²) in [6.07, 6.45) is 0. The summed E-state index contributed by atoms with van der Waals surface area (Å²) in [5.41, 5.74) is 0.721. The zero-order chi connectivity index (χ0) is 12.0. The molecule has 0 aliphatic carbocycles. The van der Waals surface area contributed by atoms with Gasteiger partial charge in [0.2, 0.25) is 0 Å². The molecule has 0 atom stereocenters. The van der Waals surface area contributed by atoms with E-state index in [-0.39, 0.29) is 11.5 Å². The Bertz CT molecular complexity index is 329. The van der Waals surface area contributed by atoms with Gasteiger partial charge in [-0.05, 0) is 19.7 Å². The van der Waals surface area contributed by atoms with Crippen molar-refractivity contribution >= 4 is 0 Å². The summed E-state index contributed by atoms with van der Waals surface area (Å²) in [4.78, 5) is 2.20. The third-order valence-electron chi connectivity index (χ3n) is 2.62. The second-order valence-corrected chi connectivity index (χ2v) is 3.86. The Kier molecular flexibility index (Phi) is 5.08. The Hall–Kier alpha value is -1.26. The summed E-state index contributed by atoms with van der Waals surface area (Å²) in [6.45, 7) is 5.54. The van der Waals surface area contributed by atoms with Crippen molar-refractivity contribution in [3.05, 3.63) is 23.8 Å². The number of nitrogens with one attached hydrogen (secondary N) is 1. The highest BCUT2D eigenvalue weighted by atomic mass is 16.3. The molecule has 16 heavy (non-hydrogen) atoms. The number of phenols is 2. The van der Waals surface area contributed by atoms with Gasteiger partial charge in [-0.1, -0.05) is 19.1 Å². The molecule has 0 aliphatic heterocycles. The van der Waals surface area contributed by atoms with Crippen LogP contribution in [0.5, 0.6) is 11.5 Å². The summed E-state index contributed by atoms with van der Waals surface area (Å²) in [6, 6.07) is 5.00. The SMILES string of the molecule is CCN(C)CCNCc1cccc(O)c1O. The number of likely N-dealkylation sites (N-methyl/N-ethyl adjacent to an activating group) is 1. The predicted octanol–water partition coefficient (Wildman–Crippen LogP) is 1.14. The van der Waals surface area contributed by atoms with Gasteiger partial charge < -0.3 is 20.4 Å². The van der Waals surface area contributed by atoms with E-state index in [0.717, 1.165) is 25.2 Å². The van der Waals surface area contributed by atoms with Crippen molar-refractivity contribution in [3.8, 4) is 11.5 Å². The molecule has 4 heteroatoms. The molecule has 0 amide bonds. The van der Waals surface area contributed by atoms with E-state index in [0.29, 0.717) is 6.54 Å². The van der Waals surface area contributed by atoms with Gasteiger partial charge in [0.25, 0.3) is 0 Å². The molecule has 1 rings (SSSR count). The monoisotopic (exact) mass is 224 g/mol. The summed E-state index contributed by atoms with van der Waals surface area (Å²) in [7, 11) is 2.06. The smallest absolute Gasteiger partial charge is 0.161 e. The third kappa shape index (κ3) is 3.72. The minimum Gasteiger partial charge on any atom is -0.504 e. The van der Waals surface area contributed by atoms with E-state index in [9.17, 15) is 10.2 Å². The minimum absolute atomic E-state index is 0.0288. The van der Waals surface area contributed by atoms with Crippen molar-refractivity contribution in [1.29, 1.82) is 0 Å². The van der Waals surface area contributed by atoms with Gasteiger partial charge in [-0.15, -0.1) is 0 Å². The van der Waals surface area contributed by atoms with Crippen molar-refractivity contribution < 1.29 is 10.2 Å². The largest absolute Gasteiger partial charge is 0.504 e. The first-order chi connectivity index (χ1) is 7.65. The highest BCUT2D eigenvalue weighted by Crippen LogP contribution is 2.27. The van der Waals surface area contributed by atoms with Crippen molar-refractivity contribution in [2.75, 3.05) is 26.7 Å². The summed E-state index contributed by atoms with van der Waals surface area (Å²) < 4.78 is 0. The van der Waals surface area contributed by atoms with Crippen LogP contribution in [0.4, 0.5) is 0 Å². The lowest BCUT2D eigenvalue weighted by molar-refractivity contribution is 0.347. The van der Waals surface area contributed by atoms with E-state index in [1.54, 1.807) is 12.1 Å². The average Bonchev–Trinajstić information content (AvgIpc) is 2.29. The van der Waals surface area contributed by atoms with Crippen LogP contribution in [0.3, 0.4) is 0 Å². The van der Waals surface area contributed by atoms with Crippen molar-refractivity contribution in [2.24, 2.45) is 0 Å². The van der Waals surface area contributed by atoms with Crippen molar-refractivity contribution in [3.63, 3.8) is 0 Å². The lowest BCUT2D eigenvalue weighted by atomic mass is 10.2. The molecule has 0 heterocycles. The van der Waals surface area contributed by atoms with E-state index in [1.165, 1.54) is 6.07 Å². The number of phenolic OH excluding ortho intramolecular Hbond substituents is 2. The Balaban J connectivity index is 2.35. The Morgan fingerprint density at radius 3 is 2.75 bits per heavy atom. The van der Waals surface area contributed by atoms with Crippen LogP contribution in [-0.2, 0) is 6.54 Å². The molecule has 0 fully saturated rings. The van der Waals surface area contributed by atoms with Crippen LogP contribution in [-0.4, -0.2) is 41.8 Å². The molecule has 0 bridgehead atoms. The highest BCUT2D eigenvalue weighted by molar-refractivity contribution is 5.44. The van der Waals surface area contributed by atoms with Gasteiger partial charge in [0.05, 0.1) is 0 Å². The topological polar surface area (TPSA) is 55.7 Å². The van der Waals surface area contributed by atoms with Gasteiger partial charge in [-0.25, -0.2) is 0 Å². The highest BCUT2D eigenvalue weighted by Gasteiger charge is 2.04. The Labute approximate surface area is 96.5 Å². The maximum absolute atomic E-state index is 9.55. The van der Waals surface area contributed by atoms with Crippen LogP contribution in [0.15, 0.2) is 18.2 Å².